The summed E-state index contributed by atoms with van der Waals surface area (Å²) in [4.78, 5) is 0. The summed E-state index contributed by atoms with van der Waals surface area (Å²) in [6, 6.07) is 6.29. The molecule has 0 aromatic heterocycles. The predicted octanol–water partition coefficient (Wildman–Crippen LogP) is 2.78. The van der Waals surface area contributed by atoms with E-state index in [9.17, 15) is 5.11 Å². The Hall–Kier alpha value is -0.860. The van der Waals surface area contributed by atoms with Crippen LogP contribution in [0.15, 0.2) is 18.2 Å². The second-order valence-corrected chi connectivity index (χ2v) is 5.10. The van der Waals surface area contributed by atoms with Crippen molar-refractivity contribution in [3.05, 3.63) is 34.9 Å². The largest absolute Gasteiger partial charge is 0.393 e. The third kappa shape index (κ3) is 3.30. The smallest absolute Gasteiger partial charge is 0.0605 e. The third-order valence-corrected chi connectivity index (χ3v) is 3.64. The number of rotatable bonds is 4. The van der Waals surface area contributed by atoms with Crippen molar-refractivity contribution in [3.8, 4) is 0 Å². The molecule has 1 aliphatic rings. The van der Waals surface area contributed by atoms with Gasteiger partial charge in [0.25, 0.3) is 0 Å². The predicted molar refractivity (Wildman–Crippen MR) is 69.2 cm³/mol. The first-order chi connectivity index (χ1) is 8.16. The van der Waals surface area contributed by atoms with Crippen molar-refractivity contribution in [3.63, 3.8) is 0 Å². The van der Waals surface area contributed by atoms with E-state index in [-0.39, 0.29) is 12.2 Å². The molecular weight excluding hydrogens is 212 g/mol. The van der Waals surface area contributed by atoms with E-state index in [1.807, 2.05) is 0 Å². The Morgan fingerprint density at radius 3 is 2.65 bits per heavy atom. The number of hydrogen-bond acceptors (Lipinski definition) is 2. The van der Waals surface area contributed by atoms with Crippen LogP contribution in [0.5, 0.6) is 0 Å². The summed E-state index contributed by atoms with van der Waals surface area (Å²) in [7, 11) is 0. The van der Waals surface area contributed by atoms with Crippen molar-refractivity contribution in [1.29, 1.82) is 0 Å². The Morgan fingerprint density at radius 2 is 2.06 bits per heavy atom. The number of ether oxygens (including phenoxy) is 1. The minimum atomic E-state index is -0.280. The van der Waals surface area contributed by atoms with Gasteiger partial charge in [0.2, 0.25) is 0 Å². The van der Waals surface area contributed by atoms with E-state index in [0.29, 0.717) is 0 Å². The van der Waals surface area contributed by atoms with Gasteiger partial charge in [0.1, 0.15) is 0 Å². The molecule has 0 aliphatic carbocycles. The number of hydrogen-bond donors (Lipinski definition) is 1. The van der Waals surface area contributed by atoms with E-state index in [1.54, 1.807) is 0 Å². The van der Waals surface area contributed by atoms with Crippen molar-refractivity contribution >= 4 is 0 Å². The number of aliphatic hydroxyl groups is 1. The van der Waals surface area contributed by atoms with Gasteiger partial charge in [0.15, 0.2) is 0 Å². The first-order valence-electron chi connectivity index (χ1n) is 6.51. The molecule has 0 spiro atoms. The molecule has 1 fully saturated rings. The topological polar surface area (TPSA) is 29.5 Å². The van der Waals surface area contributed by atoms with Gasteiger partial charge < -0.3 is 9.84 Å². The van der Waals surface area contributed by atoms with E-state index in [4.69, 9.17) is 4.74 Å². The molecule has 1 aromatic carbocycles. The lowest BCUT2D eigenvalue weighted by atomic mass is 9.95. The highest BCUT2D eigenvalue weighted by molar-refractivity contribution is 5.33. The van der Waals surface area contributed by atoms with Gasteiger partial charge in [-0.15, -0.1) is 0 Å². The molecule has 1 aromatic rings. The molecule has 1 aliphatic heterocycles. The van der Waals surface area contributed by atoms with E-state index < -0.39 is 0 Å². The summed E-state index contributed by atoms with van der Waals surface area (Å²) in [6.07, 6.45) is 3.75. The molecule has 2 unspecified atom stereocenters. The maximum atomic E-state index is 10.1. The summed E-state index contributed by atoms with van der Waals surface area (Å²) in [5.74, 6) is 0. The summed E-state index contributed by atoms with van der Waals surface area (Å²) < 4.78 is 5.56. The second-order valence-electron chi connectivity index (χ2n) is 5.10. The lowest BCUT2D eigenvalue weighted by molar-refractivity contribution is 0.0540. The molecule has 0 radical (unpaired) electrons. The van der Waals surface area contributed by atoms with E-state index >= 15 is 0 Å². The SMILES string of the molecule is Cc1cccc(C)c1CC(O)CC1CCCO1. The lowest BCUT2D eigenvalue weighted by Gasteiger charge is -2.17. The average molecular weight is 234 g/mol. The van der Waals surface area contributed by atoms with Crippen LogP contribution in [-0.4, -0.2) is 23.9 Å². The highest BCUT2D eigenvalue weighted by Gasteiger charge is 2.20. The minimum Gasteiger partial charge on any atom is -0.393 e. The molecule has 2 atom stereocenters. The van der Waals surface area contributed by atoms with Crippen molar-refractivity contribution in [2.75, 3.05) is 6.61 Å². The van der Waals surface area contributed by atoms with Crippen LogP contribution < -0.4 is 0 Å². The molecule has 1 saturated heterocycles. The molecule has 2 nitrogen and oxygen atoms in total. The molecule has 1 N–H and O–H groups in total. The zero-order valence-corrected chi connectivity index (χ0v) is 10.8. The summed E-state index contributed by atoms with van der Waals surface area (Å²) in [5.41, 5.74) is 3.84. The third-order valence-electron chi connectivity index (χ3n) is 3.64. The van der Waals surface area contributed by atoms with Crippen LogP contribution in [0.2, 0.25) is 0 Å². The molecule has 1 heterocycles. The minimum absolute atomic E-state index is 0.273. The van der Waals surface area contributed by atoms with Crippen LogP contribution >= 0.6 is 0 Å². The van der Waals surface area contributed by atoms with Gasteiger partial charge in [-0.1, -0.05) is 18.2 Å². The Balaban J connectivity index is 1.95. The maximum Gasteiger partial charge on any atom is 0.0605 e. The van der Waals surface area contributed by atoms with Gasteiger partial charge in [-0.3, -0.25) is 0 Å². The number of benzene rings is 1. The van der Waals surface area contributed by atoms with Crippen LogP contribution in [-0.2, 0) is 11.2 Å². The molecule has 0 bridgehead atoms. The molecular formula is C15H22O2. The Bertz CT molecular complexity index is 347. The first-order valence-corrected chi connectivity index (χ1v) is 6.51. The summed E-state index contributed by atoms with van der Waals surface area (Å²) >= 11 is 0. The normalized spacial score (nSPS) is 21.7. The highest BCUT2D eigenvalue weighted by atomic mass is 16.5. The standard InChI is InChI=1S/C15H22O2/c1-11-5-3-6-12(2)15(11)10-13(16)9-14-7-4-8-17-14/h3,5-6,13-14,16H,4,7-10H2,1-2H3. The molecule has 0 saturated carbocycles. The van der Waals surface area contributed by atoms with E-state index in [0.717, 1.165) is 32.3 Å². The fraction of sp³-hybridized carbons (Fsp3) is 0.600. The Kier molecular flexibility index (Phi) is 4.19. The van der Waals surface area contributed by atoms with Gasteiger partial charge in [0.05, 0.1) is 12.2 Å². The van der Waals surface area contributed by atoms with Crippen LogP contribution in [0.1, 0.15) is 36.0 Å². The van der Waals surface area contributed by atoms with Crippen LogP contribution in [0.25, 0.3) is 0 Å². The zero-order valence-electron chi connectivity index (χ0n) is 10.8. The van der Waals surface area contributed by atoms with Gasteiger partial charge in [-0.2, -0.15) is 0 Å². The molecule has 2 heteroatoms. The van der Waals surface area contributed by atoms with Gasteiger partial charge in [-0.25, -0.2) is 0 Å². The lowest BCUT2D eigenvalue weighted by Crippen LogP contribution is -2.20. The van der Waals surface area contributed by atoms with Crippen molar-refractivity contribution in [2.45, 2.75) is 51.7 Å². The van der Waals surface area contributed by atoms with Crippen molar-refractivity contribution in [1.82, 2.24) is 0 Å². The van der Waals surface area contributed by atoms with Crippen molar-refractivity contribution in [2.24, 2.45) is 0 Å². The zero-order chi connectivity index (χ0) is 12.3. The quantitative estimate of drug-likeness (QED) is 0.868. The molecule has 17 heavy (non-hydrogen) atoms. The second kappa shape index (κ2) is 5.65. The Labute approximate surface area is 104 Å². The fourth-order valence-corrected chi connectivity index (χ4v) is 2.62. The van der Waals surface area contributed by atoms with Gasteiger partial charge in [0, 0.05) is 6.61 Å². The van der Waals surface area contributed by atoms with Gasteiger partial charge in [-0.05, 0) is 56.2 Å². The van der Waals surface area contributed by atoms with Crippen LogP contribution in [0.3, 0.4) is 0 Å². The molecule has 94 valence electrons. The highest BCUT2D eigenvalue weighted by Crippen LogP contribution is 2.21. The van der Waals surface area contributed by atoms with Crippen molar-refractivity contribution < 1.29 is 9.84 Å². The number of aryl methyl sites for hydroxylation is 2. The fourth-order valence-electron chi connectivity index (χ4n) is 2.62. The molecule has 0 amide bonds. The molecule has 2 rings (SSSR count). The summed E-state index contributed by atoms with van der Waals surface area (Å²) in [5, 5.41) is 10.1. The van der Waals surface area contributed by atoms with Gasteiger partial charge >= 0.3 is 0 Å². The van der Waals surface area contributed by atoms with E-state index in [1.165, 1.54) is 16.7 Å². The number of aliphatic hydroxyl groups excluding tert-OH is 1. The van der Waals surface area contributed by atoms with Crippen LogP contribution in [0, 0.1) is 13.8 Å². The first kappa shape index (κ1) is 12.6. The van der Waals surface area contributed by atoms with Crippen LogP contribution in [0.4, 0.5) is 0 Å². The Morgan fingerprint density at radius 1 is 1.35 bits per heavy atom. The maximum absolute atomic E-state index is 10.1. The summed E-state index contributed by atoms with van der Waals surface area (Å²) in [6.45, 7) is 5.09. The average Bonchev–Trinajstić information content (AvgIpc) is 2.76. The monoisotopic (exact) mass is 234 g/mol. The van der Waals surface area contributed by atoms with E-state index in [2.05, 4.69) is 32.0 Å².